The summed E-state index contributed by atoms with van der Waals surface area (Å²) < 4.78 is 5.85. The van der Waals surface area contributed by atoms with Crippen molar-refractivity contribution < 1.29 is 9.53 Å². The highest BCUT2D eigenvalue weighted by Crippen LogP contribution is 2.18. The summed E-state index contributed by atoms with van der Waals surface area (Å²) in [5.41, 5.74) is 7.85. The minimum atomic E-state index is -0.167. The van der Waals surface area contributed by atoms with Crippen molar-refractivity contribution in [2.24, 2.45) is 11.7 Å². The summed E-state index contributed by atoms with van der Waals surface area (Å²) in [7, 11) is 0. The van der Waals surface area contributed by atoms with Gasteiger partial charge in [-0.05, 0) is 67.7 Å². The number of hydrogen-bond acceptors (Lipinski definition) is 3. The van der Waals surface area contributed by atoms with Gasteiger partial charge in [-0.1, -0.05) is 35.9 Å². The first-order chi connectivity index (χ1) is 12.6. The Balaban J connectivity index is 1.40. The number of carbonyl (C=O) groups is 1. The van der Waals surface area contributed by atoms with E-state index in [-0.39, 0.29) is 11.8 Å². The molecule has 0 aliphatic carbocycles. The number of hydrogen-bond donors (Lipinski definition) is 1. The van der Waals surface area contributed by atoms with Crippen LogP contribution in [0, 0.1) is 5.92 Å². The lowest BCUT2D eigenvalue weighted by Crippen LogP contribution is -2.40. The molecule has 2 aromatic rings. The van der Waals surface area contributed by atoms with E-state index in [0.29, 0.717) is 6.61 Å². The van der Waals surface area contributed by atoms with E-state index in [1.165, 1.54) is 11.1 Å². The molecular weight excluding hydrogens is 348 g/mol. The normalized spacial score (nSPS) is 15.7. The molecule has 138 valence electrons. The van der Waals surface area contributed by atoms with Gasteiger partial charge in [-0.2, -0.15) is 0 Å². The molecule has 3 rings (SSSR count). The Hall–Kier alpha value is -2.04. The standard InChI is InChI=1S/C21H25ClN2O2/c22-19-5-1-16(2-6-19)15-17-3-7-20(8-4-17)26-14-13-24-11-9-18(10-12-24)21(23)25/h1-8,18H,9-15H2,(H2,23,25). The number of carbonyl (C=O) groups excluding carboxylic acids is 1. The van der Waals surface area contributed by atoms with E-state index in [9.17, 15) is 4.79 Å². The van der Waals surface area contributed by atoms with Crippen molar-refractivity contribution in [3.8, 4) is 5.75 Å². The van der Waals surface area contributed by atoms with Crippen molar-refractivity contribution >= 4 is 17.5 Å². The molecule has 0 atom stereocenters. The SMILES string of the molecule is NC(=O)C1CCN(CCOc2ccc(Cc3ccc(Cl)cc3)cc2)CC1. The molecule has 1 amide bonds. The second-order valence-electron chi connectivity index (χ2n) is 6.81. The van der Waals surface area contributed by atoms with Gasteiger partial charge in [0.25, 0.3) is 0 Å². The van der Waals surface area contributed by atoms with E-state index in [4.69, 9.17) is 22.1 Å². The largest absolute Gasteiger partial charge is 0.492 e. The molecule has 0 unspecified atom stereocenters. The Morgan fingerprint density at radius 1 is 1.04 bits per heavy atom. The molecule has 26 heavy (non-hydrogen) atoms. The second kappa shape index (κ2) is 9.06. The molecule has 0 saturated carbocycles. The average Bonchev–Trinajstić information content (AvgIpc) is 2.65. The monoisotopic (exact) mass is 372 g/mol. The molecule has 2 N–H and O–H groups in total. The van der Waals surface area contributed by atoms with E-state index < -0.39 is 0 Å². The van der Waals surface area contributed by atoms with Crippen molar-refractivity contribution in [1.29, 1.82) is 0 Å². The van der Waals surface area contributed by atoms with Gasteiger partial charge in [0.15, 0.2) is 0 Å². The van der Waals surface area contributed by atoms with Crippen LogP contribution in [-0.4, -0.2) is 37.0 Å². The third-order valence-corrected chi connectivity index (χ3v) is 5.16. The maximum atomic E-state index is 11.2. The quantitative estimate of drug-likeness (QED) is 0.809. The molecule has 2 aromatic carbocycles. The number of ether oxygens (including phenoxy) is 1. The average molecular weight is 373 g/mol. The van der Waals surface area contributed by atoms with Gasteiger partial charge in [0.1, 0.15) is 12.4 Å². The van der Waals surface area contributed by atoms with Gasteiger partial charge in [-0.25, -0.2) is 0 Å². The highest BCUT2D eigenvalue weighted by Gasteiger charge is 2.22. The fourth-order valence-electron chi connectivity index (χ4n) is 3.28. The van der Waals surface area contributed by atoms with Crippen LogP contribution in [0.15, 0.2) is 48.5 Å². The molecule has 1 saturated heterocycles. The number of nitrogens with two attached hydrogens (primary N) is 1. The molecule has 0 aromatic heterocycles. The number of primary amides is 1. The molecule has 0 radical (unpaired) electrons. The zero-order valence-corrected chi connectivity index (χ0v) is 15.6. The molecule has 1 heterocycles. The molecule has 1 aliphatic rings. The van der Waals surface area contributed by atoms with Crippen molar-refractivity contribution in [2.75, 3.05) is 26.2 Å². The van der Waals surface area contributed by atoms with Crippen LogP contribution in [-0.2, 0) is 11.2 Å². The van der Waals surface area contributed by atoms with Gasteiger partial charge < -0.3 is 10.5 Å². The van der Waals surface area contributed by atoms with Gasteiger partial charge in [0, 0.05) is 17.5 Å². The Morgan fingerprint density at radius 2 is 1.62 bits per heavy atom. The van der Waals surface area contributed by atoms with Crippen LogP contribution in [0.25, 0.3) is 0 Å². The zero-order valence-electron chi connectivity index (χ0n) is 14.9. The Kier molecular flexibility index (Phi) is 6.53. The van der Waals surface area contributed by atoms with Crippen LogP contribution in [0.4, 0.5) is 0 Å². The minimum absolute atomic E-state index is 0.0420. The third-order valence-electron chi connectivity index (χ3n) is 4.91. The lowest BCUT2D eigenvalue weighted by atomic mass is 9.96. The highest BCUT2D eigenvalue weighted by molar-refractivity contribution is 6.30. The van der Waals surface area contributed by atoms with Gasteiger partial charge in [0.05, 0.1) is 0 Å². The predicted octanol–water partition coefficient (Wildman–Crippen LogP) is 3.51. The van der Waals surface area contributed by atoms with Crippen LogP contribution in [0.5, 0.6) is 5.75 Å². The summed E-state index contributed by atoms with van der Waals surface area (Å²) in [5, 5.41) is 0.761. The number of halogens is 1. The van der Waals surface area contributed by atoms with Crippen LogP contribution in [0.1, 0.15) is 24.0 Å². The number of piperidine rings is 1. The summed E-state index contributed by atoms with van der Waals surface area (Å²) in [6, 6.07) is 16.2. The number of nitrogens with zero attached hydrogens (tertiary/aromatic N) is 1. The molecule has 0 bridgehead atoms. The third kappa shape index (κ3) is 5.48. The Bertz CT molecular complexity index is 708. The van der Waals surface area contributed by atoms with Gasteiger partial charge in [-0.15, -0.1) is 0 Å². The summed E-state index contributed by atoms with van der Waals surface area (Å²) in [4.78, 5) is 13.5. The predicted molar refractivity (Wildman–Crippen MR) is 105 cm³/mol. The van der Waals surface area contributed by atoms with Crippen molar-refractivity contribution in [3.63, 3.8) is 0 Å². The van der Waals surface area contributed by atoms with Crippen molar-refractivity contribution in [1.82, 2.24) is 4.90 Å². The van der Waals surface area contributed by atoms with Crippen LogP contribution in [0.3, 0.4) is 0 Å². The molecule has 1 aliphatic heterocycles. The lowest BCUT2D eigenvalue weighted by Gasteiger charge is -2.30. The first kappa shape index (κ1) is 18.7. The number of amides is 1. The number of benzene rings is 2. The minimum Gasteiger partial charge on any atom is -0.492 e. The van der Waals surface area contributed by atoms with Crippen LogP contribution < -0.4 is 10.5 Å². The van der Waals surface area contributed by atoms with Gasteiger partial charge >= 0.3 is 0 Å². The summed E-state index contributed by atoms with van der Waals surface area (Å²) in [5.74, 6) is 0.761. The fourth-order valence-corrected chi connectivity index (χ4v) is 3.40. The van der Waals surface area contributed by atoms with Crippen molar-refractivity contribution in [3.05, 3.63) is 64.7 Å². The summed E-state index contributed by atoms with van der Waals surface area (Å²) in [6.07, 6.45) is 2.59. The van der Waals surface area contributed by atoms with E-state index >= 15 is 0 Å². The van der Waals surface area contributed by atoms with Crippen molar-refractivity contribution in [2.45, 2.75) is 19.3 Å². The van der Waals surface area contributed by atoms with E-state index in [2.05, 4.69) is 17.0 Å². The lowest BCUT2D eigenvalue weighted by molar-refractivity contribution is -0.123. The summed E-state index contributed by atoms with van der Waals surface area (Å²) in [6.45, 7) is 3.35. The number of rotatable bonds is 7. The van der Waals surface area contributed by atoms with Gasteiger partial charge in [0.2, 0.25) is 5.91 Å². The smallest absolute Gasteiger partial charge is 0.220 e. The molecule has 4 nitrogen and oxygen atoms in total. The van der Waals surface area contributed by atoms with E-state index in [1.54, 1.807) is 0 Å². The summed E-state index contributed by atoms with van der Waals surface area (Å²) >= 11 is 5.92. The maximum Gasteiger partial charge on any atom is 0.220 e. The zero-order chi connectivity index (χ0) is 18.4. The Morgan fingerprint density at radius 3 is 2.19 bits per heavy atom. The highest BCUT2D eigenvalue weighted by atomic mass is 35.5. The number of likely N-dealkylation sites (tertiary alicyclic amines) is 1. The molecule has 0 spiro atoms. The van der Waals surface area contributed by atoms with Gasteiger partial charge in [-0.3, -0.25) is 9.69 Å². The second-order valence-corrected chi connectivity index (χ2v) is 7.25. The van der Waals surface area contributed by atoms with E-state index in [1.807, 2.05) is 36.4 Å². The Labute approximate surface area is 159 Å². The fraction of sp³-hybridized carbons (Fsp3) is 0.381. The maximum absolute atomic E-state index is 11.2. The first-order valence-electron chi connectivity index (χ1n) is 9.08. The molecule has 5 heteroatoms. The van der Waals surface area contributed by atoms with E-state index in [0.717, 1.165) is 49.7 Å². The van der Waals surface area contributed by atoms with Crippen LogP contribution in [0.2, 0.25) is 5.02 Å². The topological polar surface area (TPSA) is 55.6 Å². The molecular formula is C21H25ClN2O2. The first-order valence-corrected chi connectivity index (χ1v) is 9.46. The van der Waals surface area contributed by atoms with Crippen LogP contribution >= 0.6 is 11.6 Å². The molecule has 1 fully saturated rings.